The summed E-state index contributed by atoms with van der Waals surface area (Å²) < 4.78 is 1.87. The number of imidazole rings is 1. The van der Waals surface area contributed by atoms with E-state index in [9.17, 15) is 19.8 Å². The van der Waals surface area contributed by atoms with Gasteiger partial charge in [0.2, 0.25) is 0 Å². The van der Waals surface area contributed by atoms with Crippen LogP contribution < -0.4 is 11.1 Å². The molecule has 2 aromatic carbocycles. The molecule has 0 aliphatic carbocycles. The van der Waals surface area contributed by atoms with Crippen LogP contribution >= 0.6 is 45.2 Å². The SMILES string of the molecule is C.CC.CC(C)C.CCC(C)=O.CCC(C)C.CCC(C)C.CCCC.CCCC(C)=O.CCCC(O)CC.CCCCC.CCCCCC.CCCCCCC[C@@H](O)CCN.CCCCCNC.CC[SeH].CCc1c[nH]c2ccccc12.CCc1cc(I)c(O)c(I)c1.CCc1cnc[nH]1. The number of halogens is 2. The van der Waals surface area contributed by atoms with Crippen LogP contribution in [0.1, 0.15) is 398 Å². The van der Waals surface area contributed by atoms with Crippen molar-refractivity contribution < 1.29 is 24.9 Å². The number of aliphatic hydroxyl groups is 2. The average Bonchev–Trinajstić information content (AvgIpc) is 1.76. The Morgan fingerprint density at radius 3 is 1.24 bits per heavy atom. The van der Waals surface area contributed by atoms with E-state index >= 15 is 0 Å². The largest absolute Gasteiger partial charge is 0.506 e. The third kappa shape index (κ3) is 138. The number of Topliss-reactive ketones (excluding diaryl/α,β-unsaturated/α-hetero) is 2. The van der Waals surface area contributed by atoms with Gasteiger partial charge in [-0.05, 0) is 184 Å². The number of aromatic nitrogens is 3. The van der Waals surface area contributed by atoms with Gasteiger partial charge in [-0.1, -0.05) is 328 Å². The van der Waals surface area contributed by atoms with Gasteiger partial charge in [-0.25, -0.2) is 4.98 Å². The molecule has 10 nitrogen and oxygen atoms in total. The summed E-state index contributed by atoms with van der Waals surface area (Å²) in [4.78, 5) is 29.9. The Morgan fingerprint density at radius 2 is 0.970 bits per heavy atom. The van der Waals surface area contributed by atoms with E-state index in [1.165, 1.54) is 155 Å². The summed E-state index contributed by atoms with van der Waals surface area (Å²) in [6.45, 7) is 62.9. The molecule has 610 valence electrons. The molecule has 0 saturated carbocycles. The normalized spacial score (nSPS) is 9.77. The number of hydrogen-bond acceptors (Lipinski definition) is 8. The van der Waals surface area contributed by atoms with Gasteiger partial charge in [0, 0.05) is 41.8 Å². The molecule has 4 aromatic rings. The Balaban J connectivity index is -0.0000000756. The second-order valence-corrected chi connectivity index (χ2v) is 29.4. The molecule has 0 aliphatic rings. The number of aryl methyl sites for hydroxylation is 3. The van der Waals surface area contributed by atoms with Gasteiger partial charge in [0.1, 0.15) is 17.3 Å². The zero-order valence-electron chi connectivity index (χ0n) is 72.3. The molecule has 2 atom stereocenters. The van der Waals surface area contributed by atoms with Gasteiger partial charge < -0.3 is 45.9 Å². The second-order valence-electron chi connectivity index (χ2n) is 25.7. The minimum atomic E-state index is -0.156. The van der Waals surface area contributed by atoms with Crippen LogP contribution in [0.5, 0.6) is 5.75 Å². The van der Waals surface area contributed by atoms with Crippen molar-refractivity contribution in [2.75, 3.05) is 20.1 Å². The first-order chi connectivity index (χ1) is 47.5. The van der Waals surface area contributed by atoms with E-state index in [1.54, 1.807) is 20.2 Å². The standard InChI is InChI=1S/C10H23NO.C10H11N.C8H8I2O.C6H15N.C6H14O.C6H14.C5H8N2.C5H10O.3C5H12.C4H8O.2C4H10.C2H6Se.C2H6.CH4/c1-2-3-4-5-6-7-10(12)8-9-11;1-2-8-7-11-10-6-4-3-5-9(8)10;1-2-5-3-6(9)8(11)7(10)4-5;1-3-4-5-6-7-2;1-3-5-6(7)4-2;1-3-5-6-4-2;1-2-5-3-6-4-7-5;1-3-4-5(2)6;2*1-4-5(2)3;1-3-5-4-2;1-3-4(2)5;1-4(2)3;1-3-4-2;1-2-3;1-2;/h10,12H,2-9,11H2,1H3;3-7,11H,2H2,1H3;3-4,11H,2H2,1H3;7H,3-6H2,1-2H3;6-7H,3-5H2,1-2H3;3-6H2,1-2H3;3-4H,2H2,1H3,(H,6,7);3-4H2,1-2H3;2*5H,4H2,1-3H3;3-5H2,1-2H3;3H2,1-2H3;4H,1-3H3;3-4H2,1-2H3;3H,2H2,1H3;1-2H3;1H4/t10-;;;;;;;;;;;;;;;;/m1................/s1. The number of ketones is 2. The fourth-order valence-electron chi connectivity index (χ4n) is 6.34. The Kier molecular flexibility index (Phi) is 149. The summed E-state index contributed by atoms with van der Waals surface area (Å²) in [5.41, 5.74) is 10.4. The van der Waals surface area contributed by atoms with Gasteiger partial charge in [-0.2, -0.15) is 0 Å². The van der Waals surface area contributed by atoms with E-state index in [4.69, 9.17) is 10.8 Å². The van der Waals surface area contributed by atoms with Crippen molar-refractivity contribution in [1.29, 1.82) is 0 Å². The Labute approximate surface area is 670 Å². The molecule has 0 spiro atoms. The predicted octanol–water partition coefficient (Wildman–Crippen LogP) is 28.6. The number of nitrogens with zero attached hydrogens (tertiary/aromatic N) is 1. The first kappa shape index (κ1) is 129. The maximum Gasteiger partial charge on any atom is 0.142 e. The molecule has 13 heteroatoms. The molecule has 2 aromatic heterocycles. The first-order valence-corrected chi connectivity index (χ1v) is 44.0. The number of aromatic amines is 2. The first-order valence-electron chi connectivity index (χ1n) is 40.5. The van der Waals surface area contributed by atoms with Crippen molar-refractivity contribution in [3.8, 4) is 5.75 Å². The van der Waals surface area contributed by atoms with Crippen LogP contribution in [0, 0.1) is 24.9 Å². The van der Waals surface area contributed by atoms with Crippen LogP contribution in [-0.2, 0) is 28.9 Å². The molecule has 0 bridgehead atoms. The van der Waals surface area contributed by atoms with Gasteiger partial charge >= 0.3 is 28.3 Å². The minimum absolute atomic E-state index is 0. The number of H-pyrrole nitrogens is 2. The quantitative estimate of drug-likeness (QED) is 0.0160. The number of hydrogen-bond donors (Lipinski definition) is 7. The van der Waals surface area contributed by atoms with Crippen molar-refractivity contribution >= 4 is 83.7 Å². The van der Waals surface area contributed by atoms with E-state index in [0.29, 0.717) is 18.7 Å². The van der Waals surface area contributed by atoms with Crippen LogP contribution in [0.25, 0.3) is 10.9 Å². The van der Waals surface area contributed by atoms with Gasteiger partial charge in [0.25, 0.3) is 0 Å². The van der Waals surface area contributed by atoms with Crippen LogP contribution in [0.15, 0.2) is 55.1 Å². The molecule has 0 saturated heterocycles. The zero-order valence-corrected chi connectivity index (χ0v) is 78.5. The summed E-state index contributed by atoms with van der Waals surface area (Å²) in [6.07, 6.45) is 40.8. The number of rotatable bonds is 29. The zero-order chi connectivity index (χ0) is 80.2. The third-order valence-electron chi connectivity index (χ3n) is 13.6. The number of carbonyl (C=O) groups excluding carboxylic acids is 2. The summed E-state index contributed by atoms with van der Waals surface area (Å²) in [5.74, 6) is 3.55. The molecular weight excluding hydrogens is 1540 g/mol. The maximum atomic E-state index is 10.0. The molecule has 0 amide bonds. The number of benzene rings is 2. The third-order valence-corrected chi connectivity index (χ3v) is 15.3. The van der Waals surface area contributed by atoms with Crippen molar-refractivity contribution in [3.63, 3.8) is 0 Å². The molecule has 4 rings (SSSR count). The fraction of sp³-hybridized carbons (Fsp3) is 0.784. The average molecular weight is 1720 g/mol. The van der Waals surface area contributed by atoms with Crippen molar-refractivity contribution in [2.24, 2.45) is 23.5 Å². The summed E-state index contributed by atoms with van der Waals surface area (Å²) in [5, 5.41) is 33.2. The predicted molar refractivity (Wildman–Crippen MR) is 485 cm³/mol. The fourth-order valence-corrected chi connectivity index (χ4v) is 8.24. The van der Waals surface area contributed by atoms with Crippen molar-refractivity contribution in [2.45, 2.75) is 418 Å². The number of carbonyl (C=O) groups is 2. The Morgan fingerprint density at radius 1 is 0.554 bits per heavy atom. The van der Waals surface area contributed by atoms with Crippen LogP contribution in [0.3, 0.4) is 0 Å². The maximum absolute atomic E-state index is 10.0. The number of aromatic hydroxyl groups is 1. The number of phenolic OH excluding ortho intramolecular Hbond substituents is 1. The number of nitrogens with two attached hydrogens (primary N) is 1. The van der Waals surface area contributed by atoms with E-state index in [2.05, 4.69) is 264 Å². The number of aliphatic hydroxyl groups excluding tert-OH is 2. The van der Waals surface area contributed by atoms with Gasteiger partial charge in [-0.15, -0.1) is 0 Å². The van der Waals surface area contributed by atoms with Crippen molar-refractivity contribution in [1.82, 2.24) is 20.3 Å². The summed E-state index contributed by atoms with van der Waals surface area (Å²) >= 11 is 6.75. The molecule has 8 N–H and O–H groups in total. The number of nitrogens with one attached hydrogen (secondary N) is 3. The number of phenols is 1. The minimum Gasteiger partial charge on any atom is -0.506 e. The Bertz CT molecular complexity index is 1950. The van der Waals surface area contributed by atoms with E-state index in [0.717, 1.165) is 95.5 Å². The summed E-state index contributed by atoms with van der Waals surface area (Å²) in [6, 6.07) is 12.4. The van der Waals surface area contributed by atoms with Gasteiger partial charge in [-0.3, -0.25) is 0 Å². The smallest absolute Gasteiger partial charge is 0.142 e. The molecule has 0 radical (unpaired) electrons. The molecule has 1 unspecified atom stereocenters. The van der Waals surface area contributed by atoms with Crippen LogP contribution in [0.2, 0.25) is 5.32 Å². The Hall–Kier alpha value is -1.85. The molecule has 2 heterocycles. The number of para-hydroxylation sites is 1. The molecule has 0 fully saturated rings. The van der Waals surface area contributed by atoms with Crippen molar-refractivity contribution in [3.05, 3.63) is 79.1 Å². The second kappa shape index (κ2) is 117. The van der Waals surface area contributed by atoms with Crippen LogP contribution in [-0.4, -0.2) is 90.2 Å². The van der Waals surface area contributed by atoms with Gasteiger partial charge in [0.05, 0.1) is 25.7 Å². The molecule has 0 aliphatic heterocycles. The topological polar surface area (TPSA) is 177 Å². The number of unbranched alkanes of at least 4 members (excludes halogenated alkanes) is 12. The van der Waals surface area contributed by atoms with E-state index in [1.807, 2.05) is 60.0 Å². The van der Waals surface area contributed by atoms with E-state index < -0.39 is 0 Å². The molecule has 101 heavy (non-hydrogen) atoms. The molecular formula is C88H183I2N5O5Se. The van der Waals surface area contributed by atoms with E-state index in [-0.39, 0.29) is 31.2 Å². The monoisotopic (exact) mass is 1720 g/mol. The number of fused-ring (bicyclic) bond motifs is 1. The van der Waals surface area contributed by atoms with Gasteiger partial charge in [0.15, 0.2) is 0 Å². The summed E-state index contributed by atoms with van der Waals surface area (Å²) in [7, 11) is 2.00. The van der Waals surface area contributed by atoms with Crippen LogP contribution in [0.4, 0.5) is 0 Å².